The second-order valence-electron chi connectivity index (χ2n) is 7.79. The van der Waals surface area contributed by atoms with Gasteiger partial charge in [0.2, 0.25) is 0 Å². The molecule has 1 atom stereocenters. The number of amides is 1. The van der Waals surface area contributed by atoms with Gasteiger partial charge in [0, 0.05) is 35.4 Å². The summed E-state index contributed by atoms with van der Waals surface area (Å²) >= 11 is 2.06. The summed E-state index contributed by atoms with van der Waals surface area (Å²) in [4.78, 5) is 12.9. The van der Waals surface area contributed by atoms with Crippen LogP contribution in [0.2, 0.25) is 0 Å². The summed E-state index contributed by atoms with van der Waals surface area (Å²) in [5.74, 6) is 3.11. The van der Waals surface area contributed by atoms with Crippen molar-refractivity contribution in [2.75, 3.05) is 19.6 Å². The van der Waals surface area contributed by atoms with Crippen molar-refractivity contribution in [1.29, 1.82) is 0 Å². The first-order valence-electron chi connectivity index (χ1n) is 10.8. The molecular formula is C22H39INO2+. The second-order valence-corrected chi connectivity index (χ2v) is 8.33. The summed E-state index contributed by atoms with van der Waals surface area (Å²) < 4.78 is 9.34. The van der Waals surface area contributed by atoms with E-state index in [1.54, 1.807) is 0 Å². The third kappa shape index (κ3) is 9.08. The van der Waals surface area contributed by atoms with Crippen LogP contribution in [0.3, 0.4) is 0 Å². The Morgan fingerprint density at radius 1 is 0.962 bits per heavy atom. The number of ether oxygens (including phenoxy) is 1. The predicted molar refractivity (Wildman–Crippen MR) is 118 cm³/mol. The lowest BCUT2D eigenvalue weighted by Gasteiger charge is -2.29. The Balaban J connectivity index is 2.36. The number of unbranched alkanes of at least 4 members (excludes halogenated alkanes) is 7. The van der Waals surface area contributed by atoms with E-state index < -0.39 is 0 Å². The fraction of sp³-hybridized carbons (Fsp3) is 0.864. The van der Waals surface area contributed by atoms with Gasteiger partial charge in [-0.3, -0.25) is 0 Å². The van der Waals surface area contributed by atoms with Crippen LogP contribution in [0, 0.1) is 9.85 Å². The number of rotatable bonds is 13. The molecule has 0 aliphatic carbocycles. The zero-order valence-electron chi connectivity index (χ0n) is 17.0. The van der Waals surface area contributed by atoms with Gasteiger partial charge in [0.15, 0.2) is 6.54 Å². The molecule has 1 rings (SSSR count). The number of quaternary nitrogens is 1. The number of hydrogen-bond donors (Lipinski definition) is 0. The maximum atomic E-state index is 12.9. The highest BCUT2D eigenvalue weighted by molar-refractivity contribution is 14.1. The van der Waals surface area contributed by atoms with Gasteiger partial charge in [0.05, 0.1) is 13.1 Å². The van der Waals surface area contributed by atoms with E-state index >= 15 is 0 Å². The highest BCUT2D eigenvalue weighted by Gasteiger charge is 2.42. The van der Waals surface area contributed by atoms with E-state index in [1.165, 1.54) is 51.4 Å². The van der Waals surface area contributed by atoms with Crippen LogP contribution in [0.1, 0.15) is 97.3 Å². The average molecular weight is 476 g/mol. The molecule has 0 radical (unpaired) electrons. The van der Waals surface area contributed by atoms with Crippen LogP contribution in [0.15, 0.2) is 0 Å². The maximum absolute atomic E-state index is 12.9. The molecule has 26 heavy (non-hydrogen) atoms. The van der Waals surface area contributed by atoms with Crippen LogP contribution in [0.25, 0.3) is 0 Å². The number of hydrogen-bond acceptors (Lipinski definition) is 2. The van der Waals surface area contributed by atoms with Crippen molar-refractivity contribution in [2.24, 2.45) is 0 Å². The molecule has 3 nitrogen and oxygen atoms in total. The molecule has 1 amide bonds. The first-order valence-corrected chi connectivity index (χ1v) is 11.9. The molecule has 1 saturated heterocycles. The Labute approximate surface area is 175 Å². The summed E-state index contributed by atoms with van der Waals surface area (Å²) in [5.41, 5.74) is 0. The lowest BCUT2D eigenvalue weighted by Crippen LogP contribution is -2.52. The molecule has 0 N–H and O–H groups in total. The molecule has 1 aliphatic heterocycles. The van der Waals surface area contributed by atoms with Gasteiger partial charge in [-0.2, -0.15) is 4.79 Å². The summed E-state index contributed by atoms with van der Waals surface area (Å²) in [5, 5.41) is 0. The number of carbonyl (C=O) groups excluding carboxylic acids is 1. The van der Waals surface area contributed by atoms with Crippen LogP contribution in [-0.4, -0.2) is 36.3 Å². The summed E-state index contributed by atoms with van der Waals surface area (Å²) in [6.45, 7) is 6.83. The van der Waals surface area contributed by atoms with Crippen LogP contribution < -0.4 is 0 Å². The van der Waals surface area contributed by atoms with Gasteiger partial charge >= 0.3 is 6.09 Å². The third-order valence-corrected chi connectivity index (χ3v) is 5.90. The number of likely N-dealkylation sites (tertiary alicyclic amines) is 1. The lowest BCUT2D eigenvalue weighted by molar-refractivity contribution is -0.838. The van der Waals surface area contributed by atoms with E-state index in [1.807, 2.05) is 0 Å². The van der Waals surface area contributed by atoms with Crippen molar-refractivity contribution in [1.82, 2.24) is 0 Å². The third-order valence-electron chi connectivity index (χ3n) is 5.52. The zero-order valence-corrected chi connectivity index (χ0v) is 19.2. The van der Waals surface area contributed by atoms with Crippen molar-refractivity contribution in [3.63, 3.8) is 0 Å². The van der Waals surface area contributed by atoms with Gasteiger partial charge in [-0.15, -0.1) is 0 Å². The molecule has 0 aromatic rings. The van der Waals surface area contributed by atoms with Crippen LogP contribution in [-0.2, 0) is 4.74 Å². The van der Waals surface area contributed by atoms with Crippen LogP contribution >= 0.6 is 22.6 Å². The molecule has 0 spiro atoms. The maximum Gasteiger partial charge on any atom is 0.517 e. The van der Waals surface area contributed by atoms with E-state index in [0.717, 1.165) is 45.2 Å². The average Bonchev–Trinajstić information content (AvgIpc) is 3.12. The number of nitrogens with zero attached hydrogens (tertiary/aromatic N) is 1. The SMILES string of the molecule is CCCCCCCCCCC(CCC)OC(=O)[N+]1(CC#CI)CCCC1. The molecule has 1 heterocycles. The Bertz CT molecular complexity index is 435. The van der Waals surface area contributed by atoms with Gasteiger partial charge in [0.1, 0.15) is 6.10 Å². The Morgan fingerprint density at radius 2 is 1.58 bits per heavy atom. The molecule has 150 valence electrons. The predicted octanol–water partition coefficient (Wildman–Crippen LogP) is 6.83. The van der Waals surface area contributed by atoms with Gasteiger partial charge < -0.3 is 4.74 Å². The van der Waals surface area contributed by atoms with Crippen molar-refractivity contribution in [3.05, 3.63) is 0 Å². The Morgan fingerprint density at radius 3 is 2.15 bits per heavy atom. The molecule has 1 aliphatic rings. The van der Waals surface area contributed by atoms with Crippen LogP contribution in [0.4, 0.5) is 4.79 Å². The van der Waals surface area contributed by atoms with E-state index in [-0.39, 0.29) is 12.2 Å². The van der Waals surface area contributed by atoms with E-state index in [2.05, 4.69) is 46.3 Å². The van der Waals surface area contributed by atoms with Gasteiger partial charge in [-0.05, 0) is 29.1 Å². The van der Waals surface area contributed by atoms with E-state index in [4.69, 9.17) is 4.74 Å². The molecule has 0 bridgehead atoms. The molecule has 0 aromatic heterocycles. The molecule has 0 saturated carbocycles. The lowest BCUT2D eigenvalue weighted by atomic mass is 10.0. The Kier molecular flexibility index (Phi) is 13.5. The molecule has 1 fully saturated rings. The van der Waals surface area contributed by atoms with Gasteiger partial charge in [0.25, 0.3) is 0 Å². The highest BCUT2D eigenvalue weighted by Crippen LogP contribution is 2.23. The van der Waals surface area contributed by atoms with Crippen molar-refractivity contribution >= 4 is 28.7 Å². The quantitative estimate of drug-likeness (QED) is 0.126. The van der Waals surface area contributed by atoms with E-state index in [0.29, 0.717) is 11.0 Å². The summed E-state index contributed by atoms with van der Waals surface area (Å²) in [6, 6.07) is 0. The van der Waals surface area contributed by atoms with Gasteiger partial charge in [-0.1, -0.05) is 65.2 Å². The standard InChI is InChI=1S/C22H39INO2/c1-3-5-6-7-8-9-10-11-16-21(15-4-2)26-22(25)24(20-14-17-23)18-12-13-19-24/h21H,3-13,15-16,18-20H2,1-2H3/q+1. The normalized spacial score (nSPS) is 16.7. The summed E-state index contributed by atoms with van der Waals surface area (Å²) in [6.07, 6.45) is 15.9. The van der Waals surface area contributed by atoms with Crippen molar-refractivity contribution in [3.8, 4) is 9.85 Å². The molecule has 1 unspecified atom stereocenters. The van der Waals surface area contributed by atoms with Gasteiger partial charge in [-0.25, -0.2) is 4.48 Å². The first kappa shape index (κ1) is 23.8. The number of carbonyl (C=O) groups is 1. The fourth-order valence-corrected chi connectivity index (χ4v) is 4.04. The topological polar surface area (TPSA) is 26.3 Å². The summed E-state index contributed by atoms with van der Waals surface area (Å²) in [7, 11) is 0. The fourth-order valence-electron chi connectivity index (χ4n) is 3.87. The minimum absolute atomic E-state index is 0.0281. The minimum Gasteiger partial charge on any atom is -0.417 e. The zero-order chi connectivity index (χ0) is 19.1. The highest BCUT2D eigenvalue weighted by atomic mass is 127. The van der Waals surface area contributed by atoms with Crippen molar-refractivity contribution in [2.45, 2.75) is 103 Å². The molecule has 0 aromatic carbocycles. The Hall–Kier alpha value is -0.280. The first-order chi connectivity index (χ1) is 12.7. The molecule has 4 heteroatoms. The van der Waals surface area contributed by atoms with Crippen molar-refractivity contribution < 1.29 is 14.0 Å². The minimum atomic E-state index is -0.0281. The number of halogens is 1. The molecular weight excluding hydrogens is 437 g/mol. The smallest absolute Gasteiger partial charge is 0.417 e. The monoisotopic (exact) mass is 476 g/mol. The second kappa shape index (κ2) is 14.7. The largest absolute Gasteiger partial charge is 0.517 e. The van der Waals surface area contributed by atoms with Crippen LogP contribution in [0.5, 0.6) is 0 Å². The van der Waals surface area contributed by atoms with E-state index in [9.17, 15) is 4.79 Å².